The summed E-state index contributed by atoms with van der Waals surface area (Å²) in [4.78, 5) is 6.79. The molecule has 1 aromatic heterocycles. The molecule has 0 unspecified atom stereocenters. The summed E-state index contributed by atoms with van der Waals surface area (Å²) >= 11 is 0. The fourth-order valence-corrected chi connectivity index (χ4v) is 3.04. The second kappa shape index (κ2) is 7.47. The van der Waals surface area contributed by atoms with Crippen molar-refractivity contribution in [3.8, 4) is 0 Å². The molecule has 3 N–H and O–H groups in total. The van der Waals surface area contributed by atoms with Gasteiger partial charge in [-0.05, 0) is 43.8 Å². The Balaban J connectivity index is 1.63. The fourth-order valence-electron chi connectivity index (χ4n) is 3.04. The first-order valence-corrected chi connectivity index (χ1v) is 8.25. The van der Waals surface area contributed by atoms with Gasteiger partial charge in [0.05, 0.1) is 11.0 Å². The molecule has 0 aliphatic carbocycles. The first-order valence-electron chi connectivity index (χ1n) is 8.25. The molecule has 3 rings (SSSR count). The Morgan fingerprint density at radius 1 is 1.17 bits per heavy atom. The minimum atomic E-state index is -0.0611. The van der Waals surface area contributed by atoms with Crippen molar-refractivity contribution in [1.82, 2.24) is 14.5 Å². The van der Waals surface area contributed by atoms with Crippen LogP contribution < -0.4 is 5.73 Å². The zero-order chi connectivity index (χ0) is 16.9. The van der Waals surface area contributed by atoms with Crippen LogP contribution in [0.15, 0.2) is 48.5 Å². The number of hydrogen-bond donors (Lipinski definition) is 2. The van der Waals surface area contributed by atoms with E-state index in [9.17, 15) is 5.11 Å². The van der Waals surface area contributed by atoms with Crippen molar-refractivity contribution in [2.45, 2.75) is 26.1 Å². The average Bonchev–Trinajstić information content (AvgIpc) is 2.92. The quantitative estimate of drug-likeness (QED) is 0.656. The van der Waals surface area contributed by atoms with Gasteiger partial charge in [0.1, 0.15) is 12.4 Å². The van der Waals surface area contributed by atoms with Crippen molar-refractivity contribution in [3.05, 3.63) is 59.9 Å². The zero-order valence-corrected chi connectivity index (χ0v) is 14.0. The molecule has 0 saturated carbocycles. The lowest BCUT2D eigenvalue weighted by Crippen LogP contribution is -2.20. The number of aromatic nitrogens is 2. The molecule has 3 aromatic rings. The number of nitrogen functional groups attached to an aromatic ring is 1. The molecule has 5 nitrogen and oxygen atoms in total. The van der Waals surface area contributed by atoms with Crippen molar-refractivity contribution >= 4 is 16.7 Å². The molecular weight excluding hydrogens is 300 g/mol. The number of aliphatic hydroxyl groups is 1. The maximum atomic E-state index is 9.57. The Hall–Kier alpha value is -2.37. The summed E-state index contributed by atoms with van der Waals surface area (Å²) in [7, 11) is 2.13. The summed E-state index contributed by atoms with van der Waals surface area (Å²) in [5.41, 5.74) is 9.70. The Morgan fingerprint density at radius 3 is 2.71 bits per heavy atom. The largest absolute Gasteiger partial charge is 0.399 e. The van der Waals surface area contributed by atoms with Gasteiger partial charge in [0.25, 0.3) is 0 Å². The maximum absolute atomic E-state index is 9.57. The van der Waals surface area contributed by atoms with Crippen LogP contribution in [-0.4, -0.2) is 33.1 Å². The van der Waals surface area contributed by atoms with Gasteiger partial charge in [-0.3, -0.25) is 0 Å². The van der Waals surface area contributed by atoms with E-state index >= 15 is 0 Å². The van der Waals surface area contributed by atoms with Gasteiger partial charge in [-0.15, -0.1) is 0 Å². The van der Waals surface area contributed by atoms with Gasteiger partial charge in [0.15, 0.2) is 0 Å². The van der Waals surface area contributed by atoms with Gasteiger partial charge in [-0.25, -0.2) is 4.98 Å². The Labute approximate surface area is 142 Å². The predicted molar refractivity (Wildman–Crippen MR) is 97.5 cm³/mol. The van der Waals surface area contributed by atoms with Crippen LogP contribution in [0.1, 0.15) is 17.8 Å². The van der Waals surface area contributed by atoms with Crippen LogP contribution in [-0.2, 0) is 19.7 Å². The first kappa shape index (κ1) is 16.5. The maximum Gasteiger partial charge on any atom is 0.135 e. The summed E-state index contributed by atoms with van der Waals surface area (Å²) in [6, 6.07) is 16.2. The number of nitrogens with two attached hydrogens (primary N) is 1. The number of benzene rings is 2. The van der Waals surface area contributed by atoms with E-state index < -0.39 is 0 Å². The molecule has 0 aliphatic heterocycles. The Kier molecular flexibility index (Phi) is 5.13. The summed E-state index contributed by atoms with van der Waals surface area (Å²) in [5.74, 6) is 0.696. The van der Waals surface area contributed by atoms with Gasteiger partial charge < -0.3 is 20.3 Å². The molecule has 0 radical (unpaired) electrons. The highest BCUT2D eigenvalue weighted by molar-refractivity contribution is 5.79. The molecule has 5 heteroatoms. The van der Waals surface area contributed by atoms with Crippen LogP contribution >= 0.6 is 0 Å². The van der Waals surface area contributed by atoms with Crippen molar-refractivity contribution in [2.24, 2.45) is 0 Å². The minimum Gasteiger partial charge on any atom is -0.399 e. The van der Waals surface area contributed by atoms with E-state index in [2.05, 4.69) is 45.8 Å². The summed E-state index contributed by atoms with van der Waals surface area (Å²) in [5, 5.41) is 9.57. The standard InChI is InChI=1S/C19H24N4O/c1-22(13-15-6-3-2-4-7-15)10-5-11-23-18-9-8-16(20)12-17(18)21-19(23)14-24/h2-4,6-9,12,24H,5,10-11,13-14,20H2,1H3. The monoisotopic (exact) mass is 324 g/mol. The van der Waals surface area contributed by atoms with Crippen molar-refractivity contribution in [2.75, 3.05) is 19.3 Å². The van der Waals surface area contributed by atoms with Crippen LogP contribution in [0.3, 0.4) is 0 Å². The van der Waals surface area contributed by atoms with Crippen LogP contribution in [0.4, 0.5) is 5.69 Å². The van der Waals surface area contributed by atoms with Gasteiger partial charge in [0.2, 0.25) is 0 Å². The highest BCUT2D eigenvalue weighted by Gasteiger charge is 2.10. The van der Waals surface area contributed by atoms with E-state index in [4.69, 9.17) is 5.73 Å². The third-order valence-corrected chi connectivity index (χ3v) is 4.21. The molecular formula is C19H24N4O. The second-order valence-corrected chi connectivity index (χ2v) is 6.16. The molecule has 0 amide bonds. The van der Waals surface area contributed by atoms with Crippen molar-refractivity contribution in [1.29, 1.82) is 0 Å². The minimum absolute atomic E-state index is 0.0611. The van der Waals surface area contributed by atoms with E-state index in [1.54, 1.807) is 0 Å². The molecule has 0 saturated heterocycles. The third-order valence-electron chi connectivity index (χ3n) is 4.21. The lowest BCUT2D eigenvalue weighted by atomic mass is 10.2. The van der Waals surface area contributed by atoms with E-state index in [0.29, 0.717) is 11.5 Å². The van der Waals surface area contributed by atoms with Crippen LogP contribution in [0, 0.1) is 0 Å². The molecule has 0 bridgehead atoms. The molecule has 0 aliphatic rings. The second-order valence-electron chi connectivity index (χ2n) is 6.16. The van der Waals surface area contributed by atoms with Gasteiger partial charge >= 0.3 is 0 Å². The van der Waals surface area contributed by atoms with E-state index in [1.807, 2.05) is 24.3 Å². The van der Waals surface area contributed by atoms with Crippen LogP contribution in [0.2, 0.25) is 0 Å². The van der Waals surface area contributed by atoms with Crippen molar-refractivity contribution in [3.63, 3.8) is 0 Å². The van der Waals surface area contributed by atoms with Gasteiger partial charge in [0, 0.05) is 18.8 Å². The SMILES string of the molecule is CN(CCCn1c(CO)nc2cc(N)ccc21)Cc1ccccc1. The van der Waals surface area contributed by atoms with Crippen LogP contribution in [0.5, 0.6) is 0 Å². The van der Waals surface area contributed by atoms with E-state index in [1.165, 1.54) is 5.56 Å². The Bertz CT molecular complexity index is 798. The van der Waals surface area contributed by atoms with Gasteiger partial charge in [-0.1, -0.05) is 30.3 Å². The smallest absolute Gasteiger partial charge is 0.135 e. The fraction of sp³-hybridized carbons (Fsp3) is 0.316. The molecule has 1 heterocycles. The normalized spacial score (nSPS) is 11.5. The number of fused-ring (bicyclic) bond motifs is 1. The molecule has 24 heavy (non-hydrogen) atoms. The lowest BCUT2D eigenvalue weighted by Gasteiger charge is -2.17. The summed E-state index contributed by atoms with van der Waals surface area (Å²) in [6.07, 6.45) is 0.992. The zero-order valence-electron chi connectivity index (χ0n) is 14.0. The number of aryl methyl sites for hydroxylation is 1. The molecule has 2 aromatic carbocycles. The number of rotatable bonds is 7. The number of nitrogens with zero attached hydrogens (tertiary/aromatic N) is 3. The van der Waals surface area contributed by atoms with Crippen LogP contribution in [0.25, 0.3) is 11.0 Å². The molecule has 0 atom stereocenters. The number of aliphatic hydroxyl groups excluding tert-OH is 1. The topological polar surface area (TPSA) is 67.3 Å². The summed E-state index contributed by atoms with van der Waals surface area (Å²) in [6.45, 7) is 2.69. The van der Waals surface area contributed by atoms with Crippen molar-refractivity contribution < 1.29 is 5.11 Å². The third kappa shape index (κ3) is 3.75. The molecule has 0 spiro atoms. The van der Waals surface area contributed by atoms with E-state index in [-0.39, 0.29) is 6.61 Å². The molecule has 126 valence electrons. The number of hydrogen-bond acceptors (Lipinski definition) is 4. The van der Waals surface area contributed by atoms with Gasteiger partial charge in [-0.2, -0.15) is 0 Å². The number of anilines is 1. The lowest BCUT2D eigenvalue weighted by molar-refractivity contribution is 0.263. The van der Waals surface area contributed by atoms with E-state index in [0.717, 1.165) is 37.1 Å². The summed E-state index contributed by atoms with van der Waals surface area (Å²) < 4.78 is 2.09. The average molecular weight is 324 g/mol. The predicted octanol–water partition coefficient (Wildman–Crippen LogP) is 2.63. The highest BCUT2D eigenvalue weighted by atomic mass is 16.3. The molecule has 0 fully saturated rings. The first-order chi connectivity index (χ1) is 11.7. The number of imidazole rings is 1. The highest BCUT2D eigenvalue weighted by Crippen LogP contribution is 2.19. The Morgan fingerprint density at radius 2 is 1.96 bits per heavy atom.